The molecule has 4 N–H and O–H groups in total. The fraction of sp³-hybridized carbons (Fsp3) is 0.459. The fourth-order valence-electron chi connectivity index (χ4n) is 7.97. The molecule has 4 saturated heterocycles. The van der Waals surface area contributed by atoms with Crippen LogP contribution in [0.3, 0.4) is 0 Å². The van der Waals surface area contributed by atoms with Crippen LogP contribution >= 0.6 is 11.6 Å². The van der Waals surface area contributed by atoms with Crippen molar-refractivity contribution >= 4 is 51.6 Å². The average molecular weight is 682 g/mol. The minimum atomic E-state index is -0.356. The Bertz CT molecular complexity index is 1800. The molecule has 1 unspecified atom stereocenters. The Morgan fingerprint density at radius 2 is 1.73 bits per heavy atom. The molecular formula is C37H44ClN9O2. The SMILES string of the molecule is O=C1CCC(Nc2ccc(N3CCC(N4CC(CCN5CC[C@@H](Nc6ncc(Cl)c(-c7c[nH]c8ccccc78)n6)C5)C4)CC3)cc2)C(=O)N1. The van der Waals surface area contributed by atoms with Crippen molar-refractivity contribution in [3.05, 3.63) is 65.9 Å². The number of fused-ring (bicyclic) bond motifs is 1. The zero-order chi connectivity index (χ0) is 33.3. The van der Waals surface area contributed by atoms with Crippen LogP contribution < -0.4 is 20.9 Å². The van der Waals surface area contributed by atoms with Gasteiger partial charge in [0, 0.05) is 91.8 Å². The minimum absolute atomic E-state index is 0.191. The highest BCUT2D eigenvalue weighted by Gasteiger charge is 2.35. The van der Waals surface area contributed by atoms with Gasteiger partial charge < -0.3 is 25.4 Å². The molecule has 4 aliphatic heterocycles. The van der Waals surface area contributed by atoms with Gasteiger partial charge in [0.1, 0.15) is 6.04 Å². The lowest BCUT2D eigenvalue weighted by Crippen LogP contribution is -2.55. The van der Waals surface area contributed by atoms with Crippen molar-refractivity contribution in [2.75, 3.05) is 61.3 Å². The van der Waals surface area contributed by atoms with Gasteiger partial charge in [0.15, 0.2) is 0 Å². The maximum Gasteiger partial charge on any atom is 0.249 e. The summed E-state index contributed by atoms with van der Waals surface area (Å²) >= 11 is 6.55. The first-order valence-corrected chi connectivity index (χ1v) is 18.1. The lowest BCUT2D eigenvalue weighted by Gasteiger charge is -2.48. The number of nitrogens with one attached hydrogen (secondary N) is 4. The number of aromatic amines is 1. The van der Waals surface area contributed by atoms with Crippen LogP contribution in [0.2, 0.25) is 5.02 Å². The highest BCUT2D eigenvalue weighted by atomic mass is 35.5. The number of nitrogens with zero attached hydrogens (tertiary/aromatic N) is 5. The molecule has 0 radical (unpaired) electrons. The van der Waals surface area contributed by atoms with Crippen LogP contribution in [-0.2, 0) is 9.59 Å². The number of likely N-dealkylation sites (tertiary alicyclic amines) is 2. The van der Waals surface area contributed by atoms with Crippen molar-refractivity contribution in [2.45, 2.75) is 56.7 Å². The van der Waals surface area contributed by atoms with E-state index in [4.69, 9.17) is 16.6 Å². The number of hydrogen-bond donors (Lipinski definition) is 4. The molecule has 2 atom stereocenters. The summed E-state index contributed by atoms with van der Waals surface area (Å²) in [4.78, 5) is 43.9. The molecule has 4 aliphatic rings. The van der Waals surface area contributed by atoms with E-state index in [9.17, 15) is 9.59 Å². The maximum atomic E-state index is 12.1. The van der Waals surface area contributed by atoms with Gasteiger partial charge in [-0.2, -0.15) is 0 Å². The Morgan fingerprint density at radius 3 is 2.55 bits per heavy atom. The van der Waals surface area contributed by atoms with Crippen LogP contribution in [0.4, 0.5) is 17.3 Å². The van der Waals surface area contributed by atoms with Gasteiger partial charge in [-0.25, -0.2) is 9.97 Å². The molecule has 0 saturated carbocycles. The van der Waals surface area contributed by atoms with E-state index < -0.39 is 0 Å². The first kappa shape index (κ1) is 32.0. The summed E-state index contributed by atoms with van der Waals surface area (Å²) in [6, 6.07) is 17.2. The molecule has 2 aromatic carbocycles. The number of para-hydroxylation sites is 1. The Hall–Kier alpha value is -4.19. The molecule has 0 aliphatic carbocycles. The van der Waals surface area contributed by atoms with Crippen LogP contribution in [0.25, 0.3) is 22.2 Å². The Labute approximate surface area is 291 Å². The van der Waals surface area contributed by atoms with Crippen LogP contribution in [0, 0.1) is 5.92 Å². The maximum absolute atomic E-state index is 12.1. The number of piperidine rings is 2. The zero-order valence-electron chi connectivity index (χ0n) is 27.7. The molecular weight excluding hydrogens is 638 g/mol. The second-order valence-corrected chi connectivity index (χ2v) is 14.5. The molecule has 256 valence electrons. The highest BCUT2D eigenvalue weighted by Crippen LogP contribution is 2.33. The van der Waals surface area contributed by atoms with Gasteiger partial charge in [-0.05, 0) is 74.9 Å². The van der Waals surface area contributed by atoms with Crippen molar-refractivity contribution < 1.29 is 9.59 Å². The fourth-order valence-corrected chi connectivity index (χ4v) is 8.17. The van der Waals surface area contributed by atoms with Crippen molar-refractivity contribution in [1.29, 1.82) is 0 Å². The molecule has 12 heteroatoms. The number of hydrogen-bond acceptors (Lipinski definition) is 9. The van der Waals surface area contributed by atoms with E-state index in [2.05, 4.69) is 64.9 Å². The lowest BCUT2D eigenvalue weighted by atomic mass is 9.91. The monoisotopic (exact) mass is 681 g/mol. The van der Waals surface area contributed by atoms with Crippen LogP contribution in [0.1, 0.15) is 38.5 Å². The van der Waals surface area contributed by atoms with Crippen molar-refractivity contribution in [3.8, 4) is 11.3 Å². The van der Waals surface area contributed by atoms with Crippen LogP contribution in [0.15, 0.2) is 60.9 Å². The van der Waals surface area contributed by atoms with E-state index in [1.165, 1.54) is 38.0 Å². The lowest BCUT2D eigenvalue weighted by molar-refractivity contribution is -0.133. The minimum Gasteiger partial charge on any atom is -0.374 e. The summed E-state index contributed by atoms with van der Waals surface area (Å²) in [7, 11) is 0. The molecule has 2 amide bonds. The van der Waals surface area contributed by atoms with E-state index in [1.54, 1.807) is 6.20 Å². The van der Waals surface area contributed by atoms with Crippen molar-refractivity contribution in [1.82, 2.24) is 30.1 Å². The van der Waals surface area contributed by atoms with Gasteiger partial charge in [0.05, 0.1) is 16.9 Å². The van der Waals surface area contributed by atoms with Gasteiger partial charge in [0.25, 0.3) is 0 Å². The van der Waals surface area contributed by atoms with E-state index in [-0.39, 0.29) is 17.9 Å². The smallest absolute Gasteiger partial charge is 0.249 e. The normalized spacial score (nSPS) is 22.8. The van der Waals surface area contributed by atoms with Gasteiger partial charge in [-0.15, -0.1) is 0 Å². The van der Waals surface area contributed by atoms with E-state index >= 15 is 0 Å². The highest BCUT2D eigenvalue weighted by molar-refractivity contribution is 6.33. The molecule has 11 nitrogen and oxygen atoms in total. The summed E-state index contributed by atoms with van der Waals surface area (Å²) in [5.74, 6) is 0.989. The number of carbonyl (C=O) groups is 2. The number of amides is 2. The largest absolute Gasteiger partial charge is 0.374 e. The van der Waals surface area contributed by atoms with Crippen LogP contribution in [0.5, 0.6) is 0 Å². The summed E-state index contributed by atoms with van der Waals surface area (Å²) in [5.41, 5.74) is 4.95. The first-order chi connectivity index (χ1) is 23.9. The summed E-state index contributed by atoms with van der Waals surface area (Å²) in [6.45, 7) is 7.82. The third kappa shape index (κ3) is 7.11. The van der Waals surface area contributed by atoms with E-state index in [0.29, 0.717) is 35.9 Å². The average Bonchev–Trinajstić information content (AvgIpc) is 3.74. The van der Waals surface area contributed by atoms with E-state index in [0.717, 1.165) is 72.9 Å². The predicted molar refractivity (Wildman–Crippen MR) is 194 cm³/mol. The molecule has 4 fully saturated rings. The third-order valence-corrected chi connectivity index (χ3v) is 11.1. The van der Waals surface area contributed by atoms with Gasteiger partial charge in [-0.3, -0.25) is 19.8 Å². The number of H-pyrrole nitrogens is 1. The number of halogens is 1. The second kappa shape index (κ2) is 14.0. The molecule has 2 aromatic heterocycles. The number of benzene rings is 2. The van der Waals surface area contributed by atoms with Gasteiger partial charge in [-0.1, -0.05) is 29.8 Å². The Morgan fingerprint density at radius 1 is 0.918 bits per heavy atom. The number of carbonyl (C=O) groups excluding carboxylic acids is 2. The third-order valence-electron chi connectivity index (χ3n) is 10.8. The number of imide groups is 1. The van der Waals surface area contributed by atoms with Crippen molar-refractivity contribution in [3.63, 3.8) is 0 Å². The number of anilines is 3. The summed E-state index contributed by atoms with van der Waals surface area (Å²) in [6.07, 6.45) is 9.31. The molecule has 6 heterocycles. The Balaban J connectivity index is 0.746. The number of rotatable bonds is 10. The molecule has 0 spiro atoms. The predicted octanol–water partition coefficient (Wildman–Crippen LogP) is 4.97. The summed E-state index contributed by atoms with van der Waals surface area (Å²) < 4.78 is 0. The Kier molecular flexibility index (Phi) is 9.14. The van der Waals surface area contributed by atoms with Gasteiger partial charge in [0.2, 0.25) is 17.8 Å². The second-order valence-electron chi connectivity index (χ2n) is 14.1. The molecule has 49 heavy (non-hydrogen) atoms. The molecule has 8 rings (SSSR count). The van der Waals surface area contributed by atoms with E-state index in [1.807, 2.05) is 30.5 Å². The van der Waals surface area contributed by atoms with Gasteiger partial charge >= 0.3 is 0 Å². The summed E-state index contributed by atoms with van der Waals surface area (Å²) in [5, 5.41) is 10.9. The zero-order valence-corrected chi connectivity index (χ0v) is 28.5. The van der Waals surface area contributed by atoms with Crippen molar-refractivity contribution in [2.24, 2.45) is 5.92 Å². The topological polar surface area (TPSA) is 122 Å². The first-order valence-electron chi connectivity index (χ1n) is 17.7. The standard InChI is InChI=1S/C37H44ClN9O2/c38-31-20-40-37(44-35(31)30-19-39-32-4-2-1-3-29(30)32)42-26-12-16-45(23-26)15-11-24-21-47(22-24)28-13-17-46(18-14-28)27-7-5-25(6-8-27)41-33-9-10-34(48)43-36(33)49/h1-8,19-20,24,26,28,33,39,41H,9-18,21-23H2,(H,40,42,44)(H,43,48,49)/t26-,33?/m1/s1. The quantitative estimate of drug-likeness (QED) is 0.172. The molecule has 4 aromatic rings. The number of aromatic nitrogens is 3. The van der Waals surface area contributed by atoms with Crippen LogP contribution in [-0.4, -0.2) is 101 Å². The molecule has 0 bridgehead atoms.